The molecule has 6 nitrogen and oxygen atoms in total. The molecule has 4 atom stereocenters. The summed E-state index contributed by atoms with van der Waals surface area (Å²) < 4.78 is 26.2. The van der Waals surface area contributed by atoms with Crippen LogP contribution in [0.2, 0.25) is 0 Å². The van der Waals surface area contributed by atoms with Gasteiger partial charge in [-0.25, -0.2) is 8.42 Å². The van der Waals surface area contributed by atoms with E-state index in [0.717, 1.165) is 50.1 Å². The van der Waals surface area contributed by atoms with Crippen LogP contribution >= 0.6 is 12.4 Å². The number of hydrogen-bond donors (Lipinski definition) is 2. The van der Waals surface area contributed by atoms with E-state index in [1.165, 1.54) is 44.0 Å². The van der Waals surface area contributed by atoms with Gasteiger partial charge in [0.15, 0.2) is 9.84 Å². The molecule has 2 aliphatic heterocycles. The highest BCUT2D eigenvalue weighted by Crippen LogP contribution is 2.29. The first-order chi connectivity index (χ1) is 26.8. The van der Waals surface area contributed by atoms with Crippen LogP contribution in [0, 0.1) is 0 Å². The summed E-state index contributed by atoms with van der Waals surface area (Å²) in [5.41, 5.74) is 7.23. The van der Waals surface area contributed by atoms with Gasteiger partial charge in [-0.1, -0.05) is 109 Å². The third-order valence-corrected chi connectivity index (χ3v) is 13.6. The van der Waals surface area contributed by atoms with Gasteiger partial charge in [-0.05, 0) is 108 Å². The van der Waals surface area contributed by atoms with Crippen LogP contribution in [0.4, 0.5) is 11.4 Å². The summed E-state index contributed by atoms with van der Waals surface area (Å²) in [7, 11) is -3.18. The van der Waals surface area contributed by atoms with Crippen molar-refractivity contribution in [3.05, 3.63) is 156 Å². The number of fused-ring (bicyclic) bond motifs is 2. The molecule has 0 spiro atoms. The van der Waals surface area contributed by atoms with Crippen molar-refractivity contribution in [2.24, 2.45) is 0 Å². The molecule has 2 fully saturated rings. The molecular formula is C48H55ClN4O2S. The molecule has 6 aromatic rings. The Morgan fingerprint density at radius 2 is 0.946 bits per heavy atom. The maximum Gasteiger partial charge on any atom is 0.150 e. The Bertz CT molecular complexity index is 2160. The van der Waals surface area contributed by atoms with Crippen molar-refractivity contribution in [1.29, 1.82) is 0 Å². The van der Waals surface area contributed by atoms with Gasteiger partial charge in [-0.2, -0.15) is 0 Å². The van der Waals surface area contributed by atoms with Gasteiger partial charge in [0, 0.05) is 61.7 Å². The van der Waals surface area contributed by atoms with Gasteiger partial charge in [-0.3, -0.25) is 0 Å². The fraction of sp³-hybridized carbons (Fsp3) is 0.333. The molecule has 0 bridgehead atoms. The molecule has 0 unspecified atom stereocenters. The lowest BCUT2D eigenvalue weighted by Crippen LogP contribution is -2.34. The first-order valence-corrected chi connectivity index (χ1v) is 22.0. The molecule has 0 saturated carbocycles. The van der Waals surface area contributed by atoms with Crippen molar-refractivity contribution in [2.45, 2.75) is 63.7 Å². The third-order valence-electron chi connectivity index (χ3n) is 11.9. The molecular weight excluding hydrogens is 732 g/mol. The molecule has 0 aromatic heterocycles. The van der Waals surface area contributed by atoms with E-state index in [4.69, 9.17) is 0 Å². The summed E-state index contributed by atoms with van der Waals surface area (Å²) in [5, 5.41) is 12.9. The standard InChI is InChI=1S/C48H54N4O2S.ClH/c1-35(45-15-7-11-39-9-3-5-13-47(39)45)49-41-25-29-51(33-41)43-21-17-37(18-22-43)27-31-55(53,54)32-28-38-19-23-44(24-20-38)52-30-26-42(34-52)50-36(2)46-16-8-12-40-10-4-6-14-48(40)46;/h3-24,35-36,41-42,49-50H,25-34H2,1-2H3;1H/t35-,36-,41+,42+;/m1./s1. The predicted molar refractivity (Wildman–Crippen MR) is 238 cm³/mol. The average molecular weight is 788 g/mol. The van der Waals surface area contributed by atoms with E-state index < -0.39 is 9.84 Å². The van der Waals surface area contributed by atoms with Crippen molar-refractivity contribution in [2.75, 3.05) is 47.5 Å². The zero-order chi connectivity index (χ0) is 37.8. The lowest BCUT2D eigenvalue weighted by Gasteiger charge is -2.23. The fourth-order valence-corrected chi connectivity index (χ4v) is 10.1. The lowest BCUT2D eigenvalue weighted by molar-refractivity contribution is 0.483. The molecule has 2 heterocycles. The van der Waals surface area contributed by atoms with E-state index in [9.17, 15) is 8.42 Å². The normalized spacial score (nSPS) is 18.3. The van der Waals surface area contributed by atoms with E-state index in [2.05, 4.69) is 168 Å². The molecule has 292 valence electrons. The van der Waals surface area contributed by atoms with Gasteiger partial charge in [0.05, 0.1) is 11.5 Å². The van der Waals surface area contributed by atoms with Gasteiger partial charge >= 0.3 is 0 Å². The molecule has 6 aromatic carbocycles. The maximum atomic E-state index is 13.1. The highest BCUT2D eigenvalue weighted by atomic mass is 35.5. The van der Waals surface area contributed by atoms with Crippen LogP contribution in [0.5, 0.6) is 0 Å². The summed E-state index contributed by atoms with van der Waals surface area (Å²) in [6, 6.07) is 48.8. The topological polar surface area (TPSA) is 64.7 Å². The summed E-state index contributed by atoms with van der Waals surface area (Å²) in [6.45, 7) is 8.48. The molecule has 2 N–H and O–H groups in total. The number of aryl methyl sites for hydroxylation is 2. The highest BCUT2D eigenvalue weighted by molar-refractivity contribution is 7.91. The zero-order valence-electron chi connectivity index (χ0n) is 32.6. The predicted octanol–water partition coefficient (Wildman–Crippen LogP) is 9.47. The van der Waals surface area contributed by atoms with Crippen molar-refractivity contribution in [3.8, 4) is 0 Å². The molecule has 8 rings (SSSR count). The molecule has 0 radical (unpaired) electrons. The number of nitrogens with one attached hydrogen (secondary N) is 2. The number of benzene rings is 6. The highest BCUT2D eigenvalue weighted by Gasteiger charge is 2.26. The average Bonchev–Trinajstić information content (AvgIpc) is 3.89. The first kappa shape index (κ1) is 39.8. The number of halogens is 1. The Balaban J connectivity index is 0.00000480. The molecule has 8 heteroatoms. The van der Waals surface area contributed by atoms with Crippen molar-refractivity contribution >= 4 is 55.2 Å². The summed E-state index contributed by atoms with van der Waals surface area (Å²) in [5.74, 6) is 0.344. The molecule has 56 heavy (non-hydrogen) atoms. The summed E-state index contributed by atoms with van der Waals surface area (Å²) in [4.78, 5) is 4.87. The quantitative estimate of drug-likeness (QED) is 0.115. The van der Waals surface area contributed by atoms with Gasteiger partial charge in [0.25, 0.3) is 0 Å². The number of sulfone groups is 1. The van der Waals surface area contributed by atoms with Crippen LogP contribution in [-0.2, 0) is 22.7 Å². The van der Waals surface area contributed by atoms with Crippen molar-refractivity contribution < 1.29 is 8.42 Å². The number of hydrogen-bond acceptors (Lipinski definition) is 6. The molecule has 2 aliphatic rings. The van der Waals surface area contributed by atoms with Crippen LogP contribution < -0.4 is 20.4 Å². The van der Waals surface area contributed by atoms with E-state index in [-0.39, 0.29) is 36.0 Å². The lowest BCUT2D eigenvalue weighted by atomic mass is 9.99. The summed E-state index contributed by atoms with van der Waals surface area (Å²) in [6.07, 6.45) is 3.27. The van der Waals surface area contributed by atoms with Gasteiger partial charge < -0.3 is 20.4 Å². The van der Waals surface area contributed by atoms with Crippen LogP contribution in [-0.4, -0.2) is 58.2 Å². The minimum atomic E-state index is -3.18. The zero-order valence-corrected chi connectivity index (χ0v) is 34.2. The molecule has 2 saturated heterocycles. The largest absolute Gasteiger partial charge is 0.370 e. The monoisotopic (exact) mass is 786 g/mol. The second kappa shape index (κ2) is 17.8. The fourth-order valence-electron chi connectivity index (χ4n) is 8.80. The van der Waals surface area contributed by atoms with E-state index in [0.29, 0.717) is 24.9 Å². The smallest absolute Gasteiger partial charge is 0.150 e. The Kier molecular flexibility index (Phi) is 12.7. The SMILES string of the molecule is C[C@@H](N[C@H]1CCN(c2ccc(CCS(=O)(=O)CCc3ccc(N4CC[C@H](N[C@H](C)c5cccc6ccccc56)C4)cc3)cc2)C1)c1cccc2ccccc12.Cl. The maximum absolute atomic E-state index is 13.1. The number of nitrogens with zero attached hydrogens (tertiary/aromatic N) is 2. The van der Waals surface area contributed by atoms with E-state index in [1.807, 2.05) is 0 Å². The van der Waals surface area contributed by atoms with Crippen molar-refractivity contribution in [1.82, 2.24) is 10.6 Å². The Morgan fingerprint density at radius 1 is 0.554 bits per heavy atom. The number of anilines is 2. The minimum absolute atomic E-state index is 0. The molecule has 0 aliphatic carbocycles. The Hall–Kier alpha value is -4.40. The van der Waals surface area contributed by atoms with Crippen LogP contribution in [0.1, 0.15) is 61.0 Å². The minimum Gasteiger partial charge on any atom is -0.370 e. The second-order valence-corrected chi connectivity index (χ2v) is 18.1. The van der Waals surface area contributed by atoms with Gasteiger partial charge in [0.2, 0.25) is 0 Å². The van der Waals surface area contributed by atoms with Crippen molar-refractivity contribution in [3.63, 3.8) is 0 Å². The van der Waals surface area contributed by atoms with Crippen LogP contribution in [0.25, 0.3) is 21.5 Å². The Labute approximate surface area is 339 Å². The van der Waals surface area contributed by atoms with E-state index in [1.54, 1.807) is 0 Å². The second-order valence-electron chi connectivity index (χ2n) is 15.8. The molecule has 0 amide bonds. The van der Waals surface area contributed by atoms with Crippen LogP contribution in [0.3, 0.4) is 0 Å². The first-order valence-electron chi connectivity index (χ1n) is 20.1. The van der Waals surface area contributed by atoms with E-state index >= 15 is 0 Å². The van der Waals surface area contributed by atoms with Crippen LogP contribution in [0.15, 0.2) is 133 Å². The number of rotatable bonds is 14. The Morgan fingerprint density at radius 3 is 1.38 bits per heavy atom. The van der Waals surface area contributed by atoms with Gasteiger partial charge in [0.1, 0.15) is 0 Å². The summed E-state index contributed by atoms with van der Waals surface area (Å²) >= 11 is 0. The third kappa shape index (κ3) is 9.41. The van der Waals surface area contributed by atoms with Gasteiger partial charge in [-0.15, -0.1) is 12.4 Å².